The second kappa shape index (κ2) is 8.51. The third kappa shape index (κ3) is 5.13. The Labute approximate surface area is 137 Å². The number of aryl methyl sites for hydroxylation is 1. The van der Waals surface area contributed by atoms with Gasteiger partial charge in [0, 0.05) is 12.7 Å². The first-order valence-electron chi connectivity index (χ1n) is 7.06. The van der Waals surface area contributed by atoms with E-state index in [9.17, 15) is 4.79 Å². The summed E-state index contributed by atoms with van der Waals surface area (Å²) in [5.74, 6) is -0.0674. The zero-order valence-electron chi connectivity index (χ0n) is 12.9. The SMILES string of the molecule is Cc1cccc(CN(Cc2ccccn2)C(=O)C(C)N)c1.Cl. The van der Waals surface area contributed by atoms with E-state index in [1.807, 2.05) is 43.3 Å². The summed E-state index contributed by atoms with van der Waals surface area (Å²) in [6.07, 6.45) is 1.73. The summed E-state index contributed by atoms with van der Waals surface area (Å²) < 4.78 is 0. The highest BCUT2D eigenvalue weighted by atomic mass is 35.5. The molecule has 1 amide bonds. The van der Waals surface area contributed by atoms with Crippen LogP contribution in [0, 0.1) is 6.92 Å². The molecule has 0 aliphatic heterocycles. The summed E-state index contributed by atoms with van der Waals surface area (Å²) in [6, 6.07) is 13.3. The van der Waals surface area contributed by atoms with Crippen LogP contribution in [0.4, 0.5) is 0 Å². The molecule has 0 aliphatic rings. The lowest BCUT2D eigenvalue weighted by molar-refractivity contribution is -0.133. The van der Waals surface area contributed by atoms with E-state index in [1.54, 1.807) is 18.0 Å². The van der Waals surface area contributed by atoms with Gasteiger partial charge in [-0.15, -0.1) is 12.4 Å². The van der Waals surface area contributed by atoms with E-state index in [1.165, 1.54) is 5.56 Å². The number of amides is 1. The monoisotopic (exact) mass is 319 g/mol. The summed E-state index contributed by atoms with van der Waals surface area (Å²) in [4.78, 5) is 18.3. The van der Waals surface area contributed by atoms with Crippen molar-refractivity contribution >= 4 is 18.3 Å². The Balaban J connectivity index is 0.00000242. The van der Waals surface area contributed by atoms with Crippen LogP contribution in [0.25, 0.3) is 0 Å². The highest BCUT2D eigenvalue weighted by Crippen LogP contribution is 2.11. The van der Waals surface area contributed by atoms with E-state index >= 15 is 0 Å². The van der Waals surface area contributed by atoms with Gasteiger partial charge >= 0.3 is 0 Å². The van der Waals surface area contributed by atoms with Gasteiger partial charge in [-0.05, 0) is 31.5 Å². The predicted molar refractivity (Wildman–Crippen MR) is 90.6 cm³/mol. The van der Waals surface area contributed by atoms with Crippen molar-refractivity contribution < 1.29 is 4.79 Å². The summed E-state index contributed by atoms with van der Waals surface area (Å²) in [6.45, 7) is 4.76. The van der Waals surface area contributed by atoms with Gasteiger partial charge in [0.15, 0.2) is 0 Å². The number of nitrogens with two attached hydrogens (primary N) is 1. The number of aromatic nitrogens is 1. The molecule has 1 aromatic heterocycles. The van der Waals surface area contributed by atoms with E-state index in [4.69, 9.17) is 5.73 Å². The van der Waals surface area contributed by atoms with Crippen molar-refractivity contribution in [3.05, 3.63) is 65.5 Å². The van der Waals surface area contributed by atoms with Crippen molar-refractivity contribution in [2.75, 3.05) is 0 Å². The molecular weight excluding hydrogens is 298 g/mol. The number of pyridine rings is 1. The Hall–Kier alpha value is -1.91. The molecule has 0 fully saturated rings. The lowest BCUT2D eigenvalue weighted by atomic mass is 10.1. The molecule has 1 atom stereocenters. The average molecular weight is 320 g/mol. The molecule has 22 heavy (non-hydrogen) atoms. The maximum atomic E-state index is 12.3. The van der Waals surface area contributed by atoms with Crippen LogP contribution in [0.1, 0.15) is 23.7 Å². The molecule has 0 saturated carbocycles. The lowest BCUT2D eigenvalue weighted by Gasteiger charge is -2.24. The number of hydrogen-bond acceptors (Lipinski definition) is 3. The Bertz CT molecular complexity index is 602. The molecule has 0 saturated heterocycles. The zero-order chi connectivity index (χ0) is 15.2. The number of carbonyl (C=O) groups is 1. The first kappa shape index (κ1) is 18.1. The van der Waals surface area contributed by atoms with Crippen molar-refractivity contribution in [1.29, 1.82) is 0 Å². The second-order valence-corrected chi connectivity index (χ2v) is 5.29. The van der Waals surface area contributed by atoms with Crippen LogP contribution >= 0.6 is 12.4 Å². The van der Waals surface area contributed by atoms with Crippen LogP contribution in [0.3, 0.4) is 0 Å². The Morgan fingerprint density at radius 3 is 2.59 bits per heavy atom. The molecule has 1 heterocycles. The standard InChI is InChI=1S/C17H21N3O.ClH/c1-13-6-5-7-15(10-13)11-20(17(21)14(2)18)12-16-8-3-4-9-19-16;/h3-10,14H,11-12,18H2,1-2H3;1H. The molecule has 0 bridgehead atoms. The van der Waals surface area contributed by atoms with Crippen LogP contribution in [-0.4, -0.2) is 21.8 Å². The quantitative estimate of drug-likeness (QED) is 0.921. The van der Waals surface area contributed by atoms with E-state index in [-0.39, 0.29) is 18.3 Å². The lowest BCUT2D eigenvalue weighted by Crippen LogP contribution is -2.41. The normalized spacial score (nSPS) is 11.4. The van der Waals surface area contributed by atoms with Crippen LogP contribution in [-0.2, 0) is 17.9 Å². The number of rotatable bonds is 5. The summed E-state index contributed by atoms with van der Waals surface area (Å²) in [7, 11) is 0. The summed E-state index contributed by atoms with van der Waals surface area (Å²) in [5, 5.41) is 0. The molecule has 5 heteroatoms. The molecular formula is C17H22ClN3O. The van der Waals surface area contributed by atoms with Crippen molar-refractivity contribution in [3.63, 3.8) is 0 Å². The first-order chi connectivity index (χ1) is 10.1. The van der Waals surface area contributed by atoms with Crippen LogP contribution in [0.5, 0.6) is 0 Å². The molecule has 1 aromatic carbocycles. The number of hydrogen-bond donors (Lipinski definition) is 1. The molecule has 118 valence electrons. The molecule has 0 spiro atoms. The van der Waals surface area contributed by atoms with Crippen molar-refractivity contribution in [2.45, 2.75) is 33.0 Å². The van der Waals surface area contributed by atoms with Crippen molar-refractivity contribution in [2.24, 2.45) is 5.73 Å². The van der Waals surface area contributed by atoms with Gasteiger partial charge in [0.2, 0.25) is 5.91 Å². The number of halogens is 1. The third-order valence-corrected chi connectivity index (χ3v) is 3.24. The van der Waals surface area contributed by atoms with E-state index in [0.717, 1.165) is 11.3 Å². The number of nitrogens with zero attached hydrogens (tertiary/aromatic N) is 2. The molecule has 4 nitrogen and oxygen atoms in total. The van der Waals surface area contributed by atoms with E-state index < -0.39 is 6.04 Å². The predicted octanol–water partition coefficient (Wildman–Crippen LogP) is 2.69. The Morgan fingerprint density at radius 1 is 1.23 bits per heavy atom. The Kier molecular flexibility index (Phi) is 7.02. The van der Waals surface area contributed by atoms with Crippen LogP contribution in [0.15, 0.2) is 48.7 Å². The third-order valence-electron chi connectivity index (χ3n) is 3.24. The minimum atomic E-state index is -0.515. The van der Waals surface area contributed by atoms with Gasteiger partial charge in [0.25, 0.3) is 0 Å². The summed E-state index contributed by atoms with van der Waals surface area (Å²) in [5.41, 5.74) is 8.90. The highest BCUT2D eigenvalue weighted by molar-refractivity contribution is 5.85. The van der Waals surface area contributed by atoms with Gasteiger partial charge in [0.1, 0.15) is 0 Å². The fraction of sp³-hybridized carbons (Fsp3) is 0.294. The van der Waals surface area contributed by atoms with Gasteiger partial charge in [-0.3, -0.25) is 9.78 Å². The Morgan fingerprint density at radius 2 is 2.00 bits per heavy atom. The van der Waals surface area contributed by atoms with Crippen LogP contribution in [0.2, 0.25) is 0 Å². The molecule has 0 radical (unpaired) electrons. The average Bonchev–Trinajstić information content (AvgIpc) is 2.47. The molecule has 0 aliphatic carbocycles. The molecule has 2 N–H and O–H groups in total. The van der Waals surface area contributed by atoms with Gasteiger partial charge < -0.3 is 10.6 Å². The molecule has 1 unspecified atom stereocenters. The van der Waals surface area contributed by atoms with Crippen molar-refractivity contribution in [1.82, 2.24) is 9.88 Å². The number of benzene rings is 1. The van der Waals surface area contributed by atoms with Gasteiger partial charge in [-0.1, -0.05) is 35.9 Å². The zero-order valence-corrected chi connectivity index (χ0v) is 13.7. The minimum Gasteiger partial charge on any atom is -0.331 e. The van der Waals surface area contributed by atoms with Crippen LogP contribution < -0.4 is 5.73 Å². The highest BCUT2D eigenvalue weighted by Gasteiger charge is 2.18. The van der Waals surface area contributed by atoms with E-state index in [2.05, 4.69) is 11.1 Å². The first-order valence-corrected chi connectivity index (χ1v) is 7.06. The summed E-state index contributed by atoms with van der Waals surface area (Å²) >= 11 is 0. The second-order valence-electron chi connectivity index (χ2n) is 5.29. The van der Waals surface area contributed by atoms with Gasteiger partial charge in [0.05, 0.1) is 18.3 Å². The fourth-order valence-corrected chi connectivity index (χ4v) is 2.22. The topological polar surface area (TPSA) is 59.2 Å². The fourth-order valence-electron chi connectivity index (χ4n) is 2.22. The maximum absolute atomic E-state index is 12.3. The van der Waals surface area contributed by atoms with Gasteiger partial charge in [-0.25, -0.2) is 0 Å². The largest absolute Gasteiger partial charge is 0.331 e. The molecule has 2 aromatic rings. The van der Waals surface area contributed by atoms with Crippen molar-refractivity contribution in [3.8, 4) is 0 Å². The van der Waals surface area contributed by atoms with Gasteiger partial charge in [-0.2, -0.15) is 0 Å². The maximum Gasteiger partial charge on any atom is 0.239 e. The molecule has 2 rings (SSSR count). The van der Waals surface area contributed by atoms with E-state index in [0.29, 0.717) is 13.1 Å². The smallest absolute Gasteiger partial charge is 0.239 e. The minimum absolute atomic E-state index is 0. The number of carbonyl (C=O) groups excluding carboxylic acids is 1.